The van der Waals surface area contributed by atoms with Crippen LogP contribution in [0.25, 0.3) is 0 Å². The van der Waals surface area contributed by atoms with Crippen LogP contribution in [-0.2, 0) is 12.8 Å². The fraction of sp³-hybridized carbons (Fsp3) is 0.250. The Labute approximate surface area is 157 Å². The van der Waals surface area contributed by atoms with E-state index in [2.05, 4.69) is 57.9 Å². The van der Waals surface area contributed by atoms with E-state index in [9.17, 15) is 0 Å². The minimum absolute atomic E-state index is 0.243. The van der Waals surface area contributed by atoms with Crippen LogP contribution in [0.3, 0.4) is 0 Å². The highest BCUT2D eigenvalue weighted by Crippen LogP contribution is 2.34. The zero-order chi connectivity index (χ0) is 18.6. The van der Waals surface area contributed by atoms with Crippen LogP contribution < -0.4 is 20.1 Å². The van der Waals surface area contributed by atoms with Gasteiger partial charge in [-0.05, 0) is 36.1 Å². The van der Waals surface area contributed by atoms with Crippen molar-refractivity contribution in [3.8, 4) is 11.5 Å². The Balaban J connectivity index is 1.57. The van der Waals surface area contributed by atoms with Gasteiger partial charge < -0.3 is 20.1 Å². The lowest BCUT2D eigenvalue weighted by Crippen LogP contribution is -2.05. The molecule has 4 rings (SSSR count). The first-order chi connectivity index (χ1) is 13.3. The molecule has 0 radical (unpaired) electrons. The maximum absolute atomic E-state index is 5.40. The number of nitrogens with zero attached hydrogens (tertiary/aromatic N) is 3. The average Bonchev–Trinajstić information content (AvgIpc) is 3.16. The van der Waals surface area contributed by atoms with E-state index < -0.39 is 0 Å². The van der Waals surface area contributed by atoms with Gasteiger partial charge in [-0.3, -0.25) is 0 Å². The van der Waals surface area contributed by atoms with E-state index in [4.69, 9.17) is 9.47 Å². The molecule has 7 heteroatoms. The maximum Gasteiger partial charge on any atom is 0.249 e. The van der Waals surface area contributed by atoms with Crippen LogP contribution in [0.5, 0.6) is 11.5 Å². The average molecular weight is 363 g/mol. The number of hydrogen-bond donors (Lipinski definition) is 2. The van der Waals surface area contributed by atoms with Gasteiger partial charge in [-0.15, -0.1) is 5.10 Å². The molecule has 0 aliphatic carbocycles. The molecule has 0 fully saturated rings. The van der Waals surface area contributed by atoms with E-state index in [1.807, 2.05) is 18.2 Å². The number of hydrogen-bond acceptors (Lipinski definition) is 7. The molecule has 1 aromatic heterocycles. The lowest BCUT2D eigenvalue weighted by molar-refractivity contribution is 0.174. The molecule has 2 N–H and O–H groups in total. The van der Waals surface area contributed by atoms with Gasteiger partial charge in [-0.1, -0.05) is 32.0 Å². The fourth-order valence-corrected chi connectivity index (χ4v) is 3.05. The molecule has 1 aliphatic rings. The molecule has 0 amide bonds. The normalized spacial score (nSPS) is 12.1. The molecule has 0 atom stereocenters. The molecule has 2 aromatic carbocycles. The van der Waals surface area contributed by atoms with Crippen molar-refractivity contribution in [2.75, 3.05) is 17.4 Å². The van der Waals surface area contributed by atoms with E-state index in [-0.39, 0.29) is 6.79 Å². The van der Waals surface area contributed by atoms with Gasteiger partial charge >= 0.3 is 0 Å². The molecule has 0 unspecified atom stereocenters. The molecule has 0 spiro atoms. The van der Waals surface area contributed by atoms with Crippen molar-refractivity contribution in [1.29, 1.82) is 0 Å². The highest BCUT2D eigenvalue weighted by atomic mass is 16.7. The van der Waals surface area contributed by atoms with Crippen LogP contribution >= 0.6 is 0 Å². The number of aromatic nitrogens is 3. The number of benzene rings is 2. The predicted octanol–water partition coefficient (Wildman–Crippen LogP) is 4.21. The summed E-state index contributed by atoms with van der Waals surface area (Å²) < 4.78 is 10.7. The second-order valence-corrected chi connectivity index (χ2v) is 6.14. The highest BCUT2D eigenvalue weighted by Gasteiger charge is 2.14. The summed E-state index contributed by atoms with van der Waals surface area (Å²) in [5.41, 5.74) is 4.40. The minimum Gasteiger partial charge on any atom is -0.454 e. The number of rotatable bonds is 6. The van der Waals surface area contributed by atoms with E-state index >= 15 is 0 Å². The number of ether oxygens (including phenoxy) is 2. The van der Waals surface area contributed by atoms with Crippen LogP contribution in [0.15, 0.2) is 42.6 Å². The zero-order valence-electron chi connectivity index (χ0n) is 15.3. The topological polar surface area (TPSA) is 81.2 Å². The Bertz CT molecular complexity index is 939. The number of anilines is 4. The summed E-state index contributed by atoms with van der Waals surface area (Å²) >= 11 is 0. The standard InChI is InChI=1S/C20H21N5O2/c1-3-13-6-5-7-14(4-2)19(13)23-18-11-21-25-20(24-18)22-15-8-9-16-17(10-15)27-12-26-16/h5-11H,3-4,12H2,1-2H3,(H2,22,23,24,25). The lowest BCUT2D eigenvalue weighted by Gasteiger charge is -2.15. The summed E-state index contributed by atoms with van der Waals surface area (Å²) in [5, 5.41) is 14.7. The molecule has 7 nitrogen and oxygen atoms in total. The third-order valence-corrected chi connectivity index (χ3v) is 4.44. The summed E-state index contributed by atoms with van der Waals surface area (Å²) in [7, 11) is 0. The minimum atomic E-state index is 0.243. The van der Waals surface area contributed by atoms with Gasteiger partial charge in [0.05, 0.1) is 6.20 Å². The Morgan fingerprint density at radius 2 is 1.74 bits per heavy atom. The number of fused-ring (bicyclic) bond motifs is 1. The molecule has 138 valence electrons. The molecular weight excluding hydrogens is 342 g/mol. The van der Waals surface area contributed by atoms with Crippen LogP contribution in [-0.4, -0.2) is 22.0 Å². The smallest absolute Gasteiger partial charge is 0.249 e. The maximum atomic E-state index is 5.40. The largest absolute Gasteiger partial charge is 0.454 e. The summed E-state index contributed by atoms with van der Waals surface area (Å²) in [6, 6.07) is 11.9. The first-order valence-corrected chi connectivity index (χ1v) is 9.01. The van der Waals surface area contributed by atoms with Crippen molar-refractivity contribution in [2.45, 2.75) is 26.7 Å². The Hall–Kier alpha value is -3.35. The van der Waals surface area contributed by atoms with Crippen molar-refractivity contribution in [1.82, 2.24) is 15.2 Å². The molecule has 3 aromatic rings. The van der Waals surface area contributed by atoms with Gasteiger partial charge in [0.1, 0.15) is 0 Å². The van der Waals surface area contributed by atoms with Gasteiger partial charge in [0.25, 0.3) is 0 Å². The molecule has 27 heavy (non-hydrogen) atoms. The number of aryl methyl sites for hydroxylation is 2. The lowest BCUT2D eigenvalue weighted by atomic mass is 10.0. The first-order valence-electron chi connectivity index (χ1n) is 9.01. The van der Waals surface area contributed by atoms with E-state index in [1.54, 1.807) is 6.20 Å². The van der Waals surface area contributed by atoms with Gasteiger partial charge in [0.2, 0.25) is 12.7 Å². The molecule has 0 bridgehead atoms. The summed E-state index contributed by atoms with van der Waals surface area (Å²) in [6.45, 7) is 4.53. The van der Waals surface area contributed by atoms with Gasteiger partial charge in [0, 0.05) is 17.4 Å². The van der Waals surface area contributed by atoms with Crippen molar-refractivity contribution in [3.63, 3.8) is 0 Å². The van der Waals surface area contributed by atoms with Gasteiger partial charge in [0.15, 0.2) is 17.3 Å². The zero-order valence-corrected chi connectivity index (χ0v) is 15.3. The molecule has 2 heterocycles. The first kappa shape index (κ1) is 17.1. The summed E-state index contributed by atoms with van der Waals surface area (Å²) in [6.07, 6.45) is 3.50. The van der Waals surface area contributed by atoms with Crippen molar-refractivity contribution in [2.24, 2.45) is 0 Å². The summed E-state index contributed by atoms with van der Waals surface area (Å²) in [4.78, 5) is 4.54. The third-order valence-electron chi connectivity index (χ3n) is 4.44. The van der Waals surface area contributed by atoms with Gasteiger partial charge in [-0.2, -0.15) is 10.1 Å². The van der Waals surface area contributed by atoms with Crippen LogP contribution in [0.2, 0.25) is 0 Å². The Morgan fingerprint density at radius 3 is 2.52 bits per heavy atom. The quantitative estimate of drug-likeness (QED) is 0.679. The van der Waals surface area contributed by atoms with Gasteiger partial charge in [-0.25, -0.2) is 0 Å². The van der Waals surface area contributed by atoms with Crippen LogP contribution in [0, 0.1) is 0 Å². The van der Waals surface area contributed by atoms with Crippen molar-refractivity contribution < 1.29 is 9.47 Å². The predicted molar refractivity (Wildman–Crippen MR) is 104 cm³/mol. The van der Waals surface area contributed by atoms with E-state index in [0.717, 1.165) is 30.0 Å². The van der Waals surface area contributed by atoms with Crippen molar-refractivity contribution in [3.05, 3.63) is 53.7 Å². The Morgan fingerprint density at radius 1 is 0.963 bits per heavy atom. The van der Waals surface area contributed by atoms with Crippen molar-refractivity contribution >= 4 is 23.1 Å². The summed E-state index contributed by atoms with van der Waals surface area (Å²) in [5.74, 6) is 2.49. The monoisotopic (exact) mass is 363 g/mol. The highest BCUT2D eigenvalue weighted by molar-refractivity contribution is 5.66. The molecule has 1 aliphatic heterocycles. The van der Waals surface area contributed by atoms with Crippen LogP contribution in [0.4, 0.5) is 23.1 Å². The second kappa shape index (κ2) is 7.49. The second-order valence-electron chi connectivity index (χ2n) is 6.14. The number of nitrogens with one attached hydrogen (secondary N) is 2. The molecule has 0 saturated carbocycles. The van der Waals surface area contributed by atoms with E-state index in [1.165, 1.54) is 11.1 Å². The molecule has 0 saturated heterocycles. The molecular formula is C20H21N5O2. The SMILES string of the molecule is CCc1cccc(CC)c1Nc1cnnc(Nc2ccc3c(c2)OCO3)n1. The van der Waals surface area contributed by atoms with E-state index in [0.29, 0.717) is 17.5 Å². The Kier molecular flexibility index (Phi) is 4.74. The fourth-order valence-electron chi connectivity index (χ4n) is 3.05. The number of para-hydroxylation sites is 1. The van der Waals surface area contributed by atoms with Crippen LogP contribution in [0.1, 0.15) is 25.0 Å². The third kappa shape index (κ3) is 3.62.